The molecule has 0 aromatic heterocycles. The summed E-state index contributed by atoms with van der Waals surface area (Å²) >= 11 is 1.27. The van der Waals surface area contributed by atoms with E-state index in [4.69, 9.17) is 0 Å². The predicted molar refractivity (Wildman–Crippen MR) is 208 cm³/mol. The van der Waals surface area contributed by atoms with Crippen LogP contribution in [0.25, 0.3) is 17.2 Å². The Labute approximate surface area is 310 Å². The quantitative estimate of drug-likeness (QED) is 0.0484. The van der Waals surface area contributed by atoms with Crippen molar-refractivity contribution in [1.29, 1.82) is 0 Å². The van der Waals surface area contributed by atoms with Gasteiger partial charge in [0.1, 0.15) is 22.3 Å². The van der Waals surface area contributed by atoms with Crippen LogP contribution < -0.4 is 16.0 Å². The molecule has 9 nitrogen and oxygen atoms in total. The molecule has 0 saturated heterocycles. The van der Waals surface area contributed by atoms with Gasteiger partial charge >= 0.3 is 5.97 Å². The third-order valence-electron chi connectivity index (χ3n) is 8.06. The number of carbonyl (C=O) groups excluding carboxylic acids is 3. The Kier molecular flexibility index (Phi) is 11.4. The number of hydrogen-bond acceptors (Lipinski definition) is 6. The number of aromatic carboxylic acids is 1. The molecule has 1 unspecified atom stereocenters. The maximum Gasteiger partial charge on any atom is 0.339 e. The molecule has 262 valence electrons. The zero-order chi connectivity index (χ0) is 37.2. The molecular weight excluding hydrogens is 687 g/mol. The summed E-state index contributed by atoms with van der Waals surface area (Å²) in [4.78, 5) is 52.6. The molecular formula is C43H33N3O6S. The zero-order valence-corrected chi connectivity index (χ0v) is 28.9. The summed E-state index contributed by atoms with van der Waals surface area (Å²) in [7, 11) is 0. The van der Waals surface area contributed by atoms with Gasteiger partial charge in [0, 0.05) is 21.8 Å². The molecule has 0 aliphatic heterocycles. The smallest absolute Gasteiger partial charge is 0.339 e. The van der Waals surface area contributed by atoms with Gasteiger partial charge in [-0.25, -0.2) is 4.79 Å². The second-order valence-corrected chi connectivity index (χ2v) is 13.0. The summed E-state index contributed by atoms with van der Waals surface area (Å²) < 4.78 is 0. The van der Waals surface area contributed by atoms with E-state index >= 15 is 0 Å². The van der Waals surface area contributed by atoms with Crippen molar-refractivity contribution in [3.05, 3.63) is 186 Å². The van der Waals surface area contributed by atoms with Gasteiger partial charge in [-0.15, -0.1) is 11.8 Å². The molecule has 0 fully saturated rings. The molecule has 6 aromatic rings. The van der Waals surface area contributed by atoms with Gasteiger partial charge in [0.05, 0.1) is 0 Å². The highest BCUT2D eigenvalue weighted by Gasteiger charge is 2.23. The van der Waals surface area contributed by atoms with E-state index in [2.05, 4.69) is 16.0 Å². The first-order chi connectivity index (χ1) is 25.7. The summed E-state index contributed by atoms with van der Waals surface area (Å²) in [5.74, 6) is -3.09. The first-order valence-electron chi connectivity index (χ1n) is 16.5. The summed E-state index contributed by atoms with van der Waals surface area (Å²) in [5.41, 5.74) is 4.30. The summed E-state index contributed by atoms with van der Waals surface area (Å²) in [6.45, 7) is 0. The first kappa shape index (κ1) is 35.9. The van der Waals surface area contributed by atoms with E-state index in [1.807, 2.05) is 84.9 Å². The fraction of sp³-hybridized carbons (Fsp3) is 0.0233. The lowest BCUT2D eigenvalue weighted by Crippen LogP contribution is -2.30. The monoisotopic (exact) mass is 719 g/mol. The average Bonchev–Trinajstić information content (AvgIpc) is 3.19. The number of hydrogen-bond donors (Lipinski definition) is 5. The molecule has 5 N–H and O–H groups in total. The normalized spacial score (nSPS) is 11.6. The van der Waals surface area contributed by atoms with Crippen LogP contribution in [0.2, 0.25) is 0 Å². The highest BCUT2D eigenvalue weighted by atomic mass is 32.2. The highest BCUT2D eigenvalue weighted by Crippen LogP contribution is 2.37. The van der Waals surface area contributed by atoms with Crippen molar-refractivity contribution in [1.82, 2.24) is 5.32 Å². The van der Waals surface area contributed by atoms with Crippen LogP contribution in [0, 0.1) is 0 Å². The Hall–Kier alpha value is -6.91. The van der Waals surface area contributed by atoms with Crippen molar-refractivity contribution in [3.8, 4) is 16.9 Å². The third kappa shape index (κ3) is 9.46. The SMILES string of the molecule is O=C(Nc1ccc(SC(C(=O)Nc2ccc(O)c(C(=O)O)c2)c2ccccc2)cc1)/C(=C/c1ccc(-c2ccccc2)cc1)NC(=O)c1ccccc1. The number of carboxylic acid groups (broad SMARTS) is 1. The predicted octanol–water partition coefficient (Wildman–Crippen LogP) is 8.64. The number of carbonyl (C=O) groups is 4. The standard InChI is InChI=1S/C43H33N3O6S/c47-38-25-22-34(27-36(38)43(51)52)45-42(50)39(31-12-6-2-7-13-31)53-35-23-20-33(21-24-35)44-41(49)37(46-40(48)32-14-8-3-9-15-32)26-28-16-18-30(19-17-28)29-10-4-1-5-11-29/h1-27,39,47H,(H,44,49)(H,45,50)(H,46,48)(H,51,52)/b37-26-. The van der Waals surface area contributed by atoms with Gasteiger partial charge < -0.3 is 26.2 Å². The number of rotatable bonds is 12. The Balaban J connectivity index is 1.20. The molecule has 0 aliphatic rings. The minimum Gasteiger partial charge on any atom is -0.507 e. The van der Waals surface area contributed by atoms with Crippen molar-refractivity contribution in [2.45, 2.75) is 10.1 Å². The minimum absolute atomic E-state index is 0.0471. The number of aromatic hydroxyl groups is 1. The van der Waals surface area contributed by atoms with Gasteiger partial charge in [-0.2, -0.15) is 0 Å². The third-order valence-corrected chi connectivity index (χ3v) is 9.32. The van der Waals surface area contributed by atoms with E-state index in [1.165, 1.54) is 30.0 Å². The minimum atomic E-state index is -1.32. The molecule has 1 atom stereocenters. The average molecular weight is 720 g/mol. The van der Waals surface area contributed by atoms with Crippen molar-refractivity contribution in [3.63, 3.8) is 0 Å². The van der Waals surface area contributed by atoms with Gasteiger partial charge in [-0.3, -0.25) is 14.4 Å². The van der Waals surface area contributed by atoms with Crippen molar-refractivity contribution >= 4 is 52.9 Å². The molecule has 10 heteroatoms. The highest BCUT2D eigenvalue weighted by molar-refractivity contribution is 8.00. The van der Waals surface area contributed by atoms with Crippen LogP contribution in [0.15, 0.2) is 168 Å². The molecule has 6 rings (SSSR count). The number of nitrogens with one attached hydrogen (secondary N) is 3. The van der Waals surface area contributed by atoms with Gasteiger partial charge in [-0.05, 0) is 82.9 Å². The second kappa shape index (κ2) is 16.9. The Morgan fingerprint density at radius 1 is 0.623 bits per heavy atom. The fourth-order valence-electron chi connectivity index (χ4n) is 5.36. The molecule has 53 heavy (non-hydrogen) atoms. The van der Waals surface area contributed by atoms with E-state index in [-0.39, 0.29) is 16.9 Å². The number of anilines is 2. The first-order valence-corrected chi connectivity index (χ1v) is 17.4. The molecule has 0 radical (unpaired) electrons. The molecule has 0 spiro atoms. The largest absolute Gasteiger partial charge is 0.507 e. The van der Waals surface area contributed by atoms with Crippen LogP contribution in [0.1, 0.15) is 37.1 Å². The number of amides is 3. The van der Waals surface area contributed by atoms with Crippen molar-refractivity contribution in [2.24, 2.45) is 0 Å². The molecule has 0 heterocycles. The Bertz CT molecular complexity index is 2260. The van der Waals surface area contributed by atoms with E-state index in [1.54, 1.807) is 60.7 Å². The van der Waals surface area contributed by atoms with Gasteiger partial charge in [0.2, 0.25) is 5.91 Å². The van der Waals surface area contributed by atoms with Gasteiger partial charge in [0.25, 0.3) is 11.8 Å². The maximum absolute atomic E-state index is 13.7. The number of phenols is 1. The topological polar surface area (TPSA) is 145 Å². The molecule has 0 saturated carbocycles. The molecule has 6 aromatic carbocycles. The van der Waals surface area contributed by atoms with E-state index in [9.17, 15) is 29.4 Å². The molecule has 3 amide bonds. The van der Waals surface area contributed by atoms with Crippen LogP contribution in [-0.2, 0) is 9.59 Å². The number of carboxylic acids is 1. The lowest BCUT2D eigenvalue weighted by molar-refractivity contribution is -0.116. The molecule has 0 aliphatic carbocycles. The second-order valence-electron chi connectivity index (χ2n) is 11.8. The Morgan fingerprint density at radius 3 is 1.85 bits per heavy atom. The van der Waals surface area contributed by atoms with Crippen LogP contribution in [0.4, 0.5) is 11.4 Å². The van der Waals surface area contributed by atoms with Crippen molar-refractivity contribution < 1.29 is 29.4 Å². The lowest BCUT2D eigenvalue weighted by atomic mass is 10.0. The summed E-state index contributed by atoms with van der Waals surface area (Å²) in [6.07, 6.45) is 1.62. The maximum atomic E-state index is 13.7. The van der Waals surface area contributed by atoms with Crippen LogP contribution in [-0.4, -0.2) is 33.9 Å². The molecule has 0 bridgehead atoms. The van der Waals surface area contributed by atoms with E-state index in [0.29, 0.717) is 22.4 Å². The van der Waals surface area contributed by atoms with Crippen LogP contribution in [0.5, 0.6) is 5.75 Å². The van der Waals surface area contributed by atoms with Crippen LogP contribution >= 0.6 is 11.8 Å². The summed E-state index contributed by atoms with van der Waals surface area (Å²) in [6, 6.07) is 46.1. The lowest BCUT2D eigenvalue weighted by Gasteiger charge is -2.18. The van der Waals surface area contributed by atoms with E-state index < -0.39 is 34.7 Å². The zero-order valence-electron chi connectivity index (χ0n) is 28.1. The summed E-state index contributed by atoms with van der Waals surface area (Å²) in [5, 5.41) is 26.9. The van der Waals surface area contributed by atoms with E-state index in [0.717, 1.165) is 16.0 Å². The number of thioether (sulfide) groups is 1. The van der Waals surface area contributed by atoms with Gasteiger partial charge in [0.15, 0.2) is 0 Å². The van der Waals surface area contributed by atoms with Crippen LogP contribution in [0.3, 0.4) is 0 Å². The van der Waals surface area contributed by atoms with Gasteiger partial charge in [-0.1, -0.05) is 103 Å². The van der Waals surface area contributed by atoms with Crippen molar-refractivity contribution in [2.75, 3.05) is 10.6 Å². The number of benzene rings is 6. The fourth-order valence-corrected chi connectivity index (χ4v) is 6.38. The Morgan fingerprint density at radius 2 is 1.21 bits per heavy atom.